The molecule has 0 aliphatic rings. The zero-order valence-electron chi connectivity index (χ0n) is 4.79. The van der Waals surface area contributed by atoms with E-state index in [0.29, 0.717) is 4.64 Å². The monoisotopic (exact) mass is 141 g/mol. The van der Waals surface area contributed by atoms with Crippen molar-refractivity contribution >= 4 is 12.2 Å². The summed E-state index contributed by atoms with van der Waals surface area (Å²) in [6, 6.07) is 3.52. The van der Waals surface area contributed by atoms with Gasteiger partial charge in [0.25, 0.3) is 0 Å². The third-order valence-corrected chi connectivity index (χ3v) is 1.26. The van der Waals surface area contributed by atoms with Crippen LogP contribution in [0.15, 0.2) is 18.3 Å². The van der Waals surface area contributed by atoms with Gasteiger partial charge in [-0.3, -0.25) is 0 Å². The minimum absolute atomic E-state index is 0.0539. The molecular weight excluding hydrogens is 134 g/mol. The number of H-pyrrole nitrogens is 1. The van der Waals surface area contributed by atoms with E-state index in [4.69, 9.17) is 17.3 Å². The molecular formula is C6H7NOS. The number of rotatable bonds is 1. The smallest absolute Gasteiger partial charge is 0.103 e. The molecule has 0 aromatic carbocycles. The van der Waals surface area contributed by atoms with Gasteiger partial charge in [0.15, 0.2) is 0 Å². The SMILES string of the molecule is OCc1cc[nH]c(=S)c1. The summed E-state index contributed by atoms with van der Waals surface area (Å²) >= 11 is 4.80. The molecule has 3 heteroatoms. The van der Waals surface area contributed by atoms with Crippen LogP contribution in [0, 0.1) is 4.64 Å². The first-order chi connectivity index (χ1) is 4.33. The number of aromatic nitrogens is 1. The predicted molar refractivity (Wildman–Crippen MR) is 37.5 cm³/mol. The van der Waals surface area contributed by atoms with Crippen LogP contribution in [0.25, 0.3) is 0 Å². The number of aliphatic hydroxyl groups excluding tert-OH is 1. The van der Waals surface area contributed by atoms with Crippen molar-refractivity contribution in [3.63, 3.8) is 0 Å². The van der Waals surface area contributed by atoms with Crippen LogP contribution in [0.2, 0.25) is 0 Å². The average Bonchev–Trinajstić information content (AvgIpc) is 1.88. The van der Waals surface area contributed by atoms with Crippen LogP contribution in [0.4, 0.5) is 0 Å². The highest BCUT2D eigenvalue weighted by molar-refractivity contribution is 7.71. The largest absolute Gasteiger partial charge is 0.392 e. The van der Waals surface area contributed by atoms with Gasteiger partial charge in [-0.05, 0) is 17.7 Å². The van der Waals surface area contributed by atoms with Crippen molar-refractivity contribution in [3.05, 3.63) is 28.5 Å². The third kappa shape index (κ3) is 1.62. The summed E-state index contributed by atoms with van der Waals surface area (Å²) in [6.07, 6.45) is 1.72. The van der Waals surface area contributed by atoms with Crippen molar-refractivity contribution in [3.8, 4) is 0 Å². The Morgan fingerprint density at radius 2 is 2.44 bits per heavy atom. The highest BCUT2D eigenvalue weighted by atomic mass is 32.1. The van der Waals surface area contributed by atoms with Crippen molar-refractivity contribution in [2.75, 3.05) is 0 Å². The summed E-state index contributed by atoms with van der Waals surface area (Å²) in [6.45, 7) is 0.0539. The highest BCUT2D eigenvalue weighted by Gasteiger charge is 1.84. The van der Waals surface area contributed by atoms with Gasteiger partial charge in [-0.1, -0.05) is 12.2 Å². The molecule has 1 aromatic rings. The Balaban J connectivity index is 3.08. The lowest BCUT2D eigenvalue weighted by molar-refractivity contribution is 0.281. The molecule has 1 heterocycles. The molecule has 0 atom stereocenters. The lowest BCUT2D eigenvalue weighted by atomic mass is 10.3. The second kappa shape index (κ2) is 2.75. The molecule has 0 fully saturated rings. The summed E-state index contributed by atoms with van der Waals surface area (Å²) in [4.78, 5) is 2.81. The normalized spacial score (nSPS) is 9.44. The molecule has 2 N–H and O–H groups in total. The molecule has 0 unspecified atom stereocenters. The number of pyridine rings is 1. The van der Waals surface area contributed by atoms with Gasteiger partial charge in [0.1, 0.15) is 4.64 Å². The fourth-order valence-electron chi connectivity index (χ4n) is 0.587. The minimum atomic E-state index is 0.0539. The number of hydrogen-bond donors (Lipinski definition) is 2. The van der Waals surface area contributed by atoms with Crippen molar-refractivity contribution < 1.29 is 5.11 Å². The van der Waals surface area contributed by atoms with E-state index in [1.807, 2.05) is 0 Å². The van der Waals surface area contributed by atoms with Crippen molar-refractivity contribution in [1.82, 2.24) is 4.98 Å². The molecule has 0 aliphatic heterocycles. The van der Waals surface area contributed by atoms with Gasteiger partial charge in [-0.2, -0.15) is 0 Å². The Morgan fingerprint density at radius 1 is 1.67 bits per heavy atom. The van der Waals surface area contributed by atoms with Crippen molar-refractivity contribution in [2.24, 2.45) is 0 Å². The molecule has 48 valence electrons. The molecule has 0 aliphatic carbocycles. The van der Waals surface area contributed by atoms with Crippen molar-refractivity contribution in [1.29, 1.82) is 0 Å². The van der Waals surface area contributed by atoms with Crippen LogP contribution in [0.5, 0.6) is 0 Å². The summed E-state index contributed by atoms with van der Waals surface area (Å²) in [5.41, 5.74) is 0.846. The summed E-state index contributed by atoms with van der Waals surface area (Å²) in [5, 5.41) is 8.60. The first-order valence-corrected chi connectivity index (χ1v) is 3.02. The van der Waals surface area contributed by atoms with Crippen LogP contribution in [0.1, 0.15) is 5.56 Å². The lowest BCUT2D eigenvalue weighted by Crippen LogP contribution is -1.82. The van der Waals surface area contributed by atoms with Gasteiger partial charge in [-0.25, -0.2) is 0 Å². The lowest BCUT2D eigenvalue weighted by Gasteiger charge is -1.91. The van der Waals surface area contributed by atoms with Gasteiger partial charge in [0.2, 0.25) is 0 Å². The van der Waals surface area contributed by atoms with E-state index in [9.17, 15) is 0 Å². The summed E-state index contributed by atoms with van der Waals surface area (Å²) in [7, 11) is 0. The number of hydrogen-bond acceptors (Lipinski definition) is 2. The average molecular weight is 141 g/mol. The minimum Gasteiger partial charge on any atom is -0.392 e. The van der Waals surface area contributed by atoms with E-state index >= 15 is 0 Å². The van der Waals surface area contributed by atoms with Crippen LogP contribution in [-0.4, -0.2) is 10.1 Å². The maximum Gasteiger partial charge on any atom is 0.103 e. The first-order valence-electron chi connectivity index (χ1n) is 2.61. The molecule has 9 heavy (non-hydrogen) atoms. The van der Waals surface area contributed by atoms with E-state index in [1.165, 1.54) is 0 Å². The van der Waals surface area contributed by atoms with Crippen LogP contribution in [0.3, 0.4) is 0 Å². The molecule has 2 nitrogen and oxygen atoms in total. The van der Waals surface area contributed by atoms with Gasteiger partial charge in [-0.15, -0.1) is 0 Å². The summed E-state index contributed by atoms with van der Waals surface area (Å²) < 4.78 is 0.654. The molecule has 0 amide bonds. The predicted octanol–water partition coefficient (Wildman–Crippen LogP) is 1.24. The summed E-state index contributed by atoms with van der Waals surface area (Å²) in [5.74, 6) is 0. The molecule has 0 bridgehead atoms. The molecule has 0 spiro atoms. The topological polar surface area (TPSA) is 36.0 Å². The Hall–Kier alpha value is -0.670. The fraction of sp³-hybridized carbons (Fsp3) is 0.167. The standard InChI is InChI=1S/C6H7NOS/c8-4-5-1-2-7-6(9)3-5/h1-3,8H,4H2,(H,7,9). The Labute approximate surface area is 58.2 Å². The van der Waals surface area contributed by atoms with Gasteiger partial charge in [0.05, 0.1) is 6.61 Å². The molecule has 0 saturated carbocycles. The molecule has 1 aromatic heterocycles. The van der Waals surface area contributed by atoms with Gasteiger partial charge < -0.3 is 10.1 Å². The van der Waals surface area contributed by atoms with Crippen molar-refractivity contribution in [2.45, 2.75) is 6.61 Å². The van der Waals surface area contributed by atoms with Gasteiger partial charge >= 0.3 is 0 Å². The van der Waals surface area contributed by atoms with E-state index in [1.54, 1.807) is 18.3 Å². The maximum atomic E-state index is 8.60. The van der Waals surface area contributed by atoms with E-state index in [0.717, 1.165) is 5.56 Å². The number of aliphatic hydroxyl groups is 1. The molecule has 1 rings (SSSR count). The first kappa shape index (κ1) is 6.45. The Bertz CT molecular complexity index is 243. The van der Waals surface area contributed by atoms with Crippen LogP contribution >= 0.6 is 12.2 Å². The van der Waals surface area contributed by atoms with Crippen LogP contribution in [-0.2, 0) is 6.61 Å². The molecule has 0 radical (unpaired) electrons. The zero-order valence-corrected chi connectivity index (χ0v) is 5.61. The van der Waals surface area contributed by atoms with E-state index in [2.05, 4.69) is 4.98 Å². The van der Waals surface area contributed by atoms with E-state index < -0.39 is 0 Å². The second-order valence-electron chi connectivity index (χ2n) is 1.72. The maximum absolute atomic E-state index is 8.60. The van der Waals surface area contributed by atoms with E-state index in [-0.39, 0.29) is 6.61 Å². The number of aromatic amines is 1. The third-order valence-electron chi connectivity index (χ3n) is 1.02. The number of nitrogens with one attached hydrogen (secondary N) is 1. The quantitative estimate of drug-likeness (QED) is 0.577. The van der Waals surface area contributed by atoms with Gasteiger partial charge in [0, 0.05) is 6.20 Å². The Morgan fingerprint density at radius 3 is 2.89 bits per heavy atom. The van der Waals surface area contributed by atoms with Crippen LogP contribution < -0.4 is 0 Å². The molecule has 0 saturated heterocycles. The Kier molecular flexibility index (Phi) is 1.97. The zero-order chi connectivity index (χ0) is 6.69. The second-order valence-corrected chi connectivity index (χ2v) is 2.16. The fourth-order valence-corrected chi connectivity index (χ4v) is 0.807. The highest BCUT2D eigenvalue weighted by Crippen LogP contribution is 1.95.